The van der Waals surface area contributed by atoms with Crippen molar-refractivity contribution in [2.24, 2.45) is 17.3 Å². The number of hydrogen-bond donors (Lipinski definition) is 1. The summed E-state index contributed by atoms with van der Waals surface area (Å²) in [6.45, 7) is 3.98. The minimum Gasteiger partial charge on any atom is -0.388 e. The van der Waals surface area contributed by atoms with Crippen LogP contribution in [0, 0.1) is 17.3 Å². The van der Waals surface area contributed by atoms with Crippen molar-refractivity contribution in [3.63, 3.8) is 0 Å². The van der Waals surface area contributed by atoms with Gasteiger partial charge in [0.1, 0.15) is 5.78 Å². The summed E-state index contributed by atoms with van der Waals surface area (Å²) in [7, 11) is 0. The highest BCUT2D eigenvalue weighted by Crippen LogP contribution is 2.58. The molecule has 0 bridgehead atoms. The topological polar surface area (TPSA) is 54.4 Å². The van der Waals surface area contributed by atoms with Crippen LogP contribution in [0.2, 0.25) is 0 Å². The molecule has 1 aromatic carbocycles. The van der Waals surface area contributed by atoms with E-state index in [0.29, 0.717) is 24.8 Å². The Labute approximate surface area is 138 Å². The lowest BCUT2D eigenvalue weighted by Gasteiger charge is -2.51. The monoisotopic (exact) mass is 314 g/mol. The number of Topliss-reactive ketones (excluding diaryl/α,β-unsaturated/α-hetero) is 2. The molecule has 2 fully saturated rings. The molecule has 3 nitrogen and oxygen atoms in total. The number of ketones is 2. The van der Waals surface area contributed by atoms with Gasteiger partial charge in [-0.2, -0.15) is 0 Å². The van der Waals surface area contributed by atoms with Gasteiger partial charge in [0.15, 0.2) is 5.78 Å². The normalized spacial score (nSPS) is 36.7. The summed E-state index contributed by atoms with van der Waals surface area (Å²) in [5.74, 6) is -0.167. The minimum atomic E-state index is -1.19. The van der Waals surface area contributed by atoms with E-state index in [2.05, 4.69) is 6.92 Å². The van der Waals surface area contributed by atoms with Crippen LogP contribution in [0.4, 0.5) is 0 Å². The fourth-order valence-electron chi connectivity index (χ4n) is 4.88. The molecular formula is C20H26O3. The quantitative estimate of drug-likeness (QED) is 0.860. The lowest BCUT2D eigenvalue weighted by Crippen LogP contribution is -2.58. The molecule has 3 heteroatoms. The second kappa shape index (κ2) is 5.86. The zero-order valence-electron chi connectivity index (χ0n) is 14.0. The minimum absolute atomic E-state index is 0.00664. The highest BCUT2D eigenvalue weighted by Gasteiger charge is 2.65. The largest absolute Gasteiger partial charge is 0.388 e. The molecule has 0 radical (unpaired) electrons. The van der Waals surface area contributed by atoms with Crippen molar-refractivity contribution in [1.82, 2.24) is 0 Å². The van der Waals surface area contributed by atoms with Crippen LogP contribution in [-0.4, -0.2) is 22.3 Å². The second-order valence-electron chi connectivity index (χ2n) is 7.47. The van der Waals surface area contributed by atoms with Crippen LogP contribution in [0.3, 0.4) is 0 Å². The molecular weight excluding hydrogens is 288 g/mol. The van der Waals surface area contributed by atoms with Crippen LogP contribution in [-0.2, 0) is 4.79 Å². The lowest BCUT2D eigenvalue weighted by molar-refractivity contribution is -0.154. The number of carbonyl (C=O) groups is 2. The first kappa shape index (κ1) is 16.4. The summed E-state index contributed by atoms with van der Waals surface area (Å²) in [4.78, 5) is 25.6. The van der Waals surface area contributed by atoms with Crippen molar-refractivity contribution in [2.75, 3.05) is 0 Å². The molecule has 0 heterocycles. The van der Waals surface area contributed by atoms with E-state index in [1.807, 2.05) is 37.3 Å². The first-order chi connectivity index (χ1) is 10.9. The fraction of sp³-hybridized carbons (Fsp3) is 0.600. The van der Waals surface area contributed by atoms with Gasteiger partial charge in [-0.25, -0.2) is 0 Å². The average molecular weight is 314 g/mol. The fourth-order valence-corrected chi connectivity index (χ4v) is 4.88. The van der Waals surface area contributed by atoms with Gasteiger partial charge in [0.2, 0.25) is 0 Å². The first-order valence-corrected chi connectivity index (χ1v) is 8.79. The Balaban J connectivity index is 2.04. The summed E-state index contributed by atoms with van der Waals surface area (Å²) in [5.41, 5.74) is -1.29. The van der Waals surface area contributed by atoms with Crippen molar-refractivity contribution < 1.29 is 14.7 Å². The summed E-state index contributed by atoms with van der Waals surface area (Å²) < 4.78 is 0. The van der Waals surface area contributed by atoms with E-state index in [9.17, 15) is 14.7 Å². The SMILES string of the molecule is CCC[C@@H]1CC[C@]2(C)C(=O)CC[C@]2(O)[C@H]1C(=O)c1ccccc1. The van der Waals surface area contributed by atoms with E-state index >= 15 is 0 Å². The van der Waals surface area contributed by atoms with Gasteiger partial charge < -0.3 is 5.11 Å². The van der Waals surface area contributed by atoms with Crippen molar-refractivity contribution in [2.45, 2.75) is 58.0 Å². The maximum absolute atomic E-state index is 13.2. The van der Waals surface area contributed by atoms with Gasteiger partial charge >= 0.3 is 0 Å². The van der Waals surface area contributed by atoms with Crippen molar-refractivity contribution in [1.29, 1.82) is 0 Å². The Morgan fingerprint density at radius 3 is 2.61 bits per heavy atom. The van der Waals surface area contributed by atoms with Crippen LogP contribution in [0.5, 0.6) is 0 Å². The smallest absolute Gasteiger partial charge is 0.169 e. The molecule has 0 amide bonds. The summed E-state index contributed by atoms with van der Waals surface area (Å²) in [5, 5.41) is 11.5. The highest BCUT2D eigenvalue weighted by atomic mass is 16.3. The number of benzene rings is 1. The van der Waals surface area contributed by atoms with Gasteiger partial charge in [-0.05, 0) is 38.5 Å². The van der Waals surface area contributed by atoms with Gasteiger partial charge in [0.05, 0.1) is 16.9 Å². The van der Waals surface area contributed by atoms with Gasteiger partial charge in [0, 0.05) is 12.0 Å². The van der Waals surface area contributed by atoms with Gasteiger partial charge in [-0.15, -0.1) is 0 Å². The van der Waals surface area contributed by atoms with E-state index in [1.54, 1.807) is 0 Å². The molecule has 1 N–H and O–H groups in total. The zero-order chi connectivity index (χ0) is 16.7. The Hall–Kier alpha value is -1.48. The number of aliphatic hydroxyl groups is 1. The van der Waals surface area contributed by atoms with Crippen molar-refractivity contribution in [3.8, 4) is 0 Å². The molecule has 0 aliphatic heterocycles. The molecule has 0 spiro atoms. The van der Waals surface area contributed by atoms with E-state index in [-0.39, 0.29) is 17.5 Å². The molecule has 124 valence electrons. The second-order valence-corrected chi connectivity index (χ2v) is 7.47. The molecule has 1 aromatic rings. The summed E-state index contributed by atoms with van der Waals surface area (Å²) in [6, 6.07) is 9.23. The molecule has 0 unspecified atom stereocenters. The summed E-state index contributed by atoms with van der Waals surface area (Å²) in [6.07, 6.45) is 4.28. The molecule has 0 saturated heterocycles. The van der Waals surface area contributed by atoms with Crippen LogP contribution in [0.25, 0.3) is 0 Å². The first-order valence-electron chi connectivity index (χ1n) is 8.79. The predicted molar refractivity (Wildman–Crippen MR) is 89.2 cm³/mol. The maximum Gasteiger partial charge on any atom is 0.169 e. The van der Waals surface area contributed by atoms with Crippen molar-refractivity contribution >= 4 is 11.6 Å². The van der Waals surface area contributed by atoms with Crippen LogP contribution in [0.15, 0.2) is 30.3 Å². The van der Waals surface area contributed by atoms with E-state index in [1.165, 1.54) is 0 Å². The number of fused-ring (bicyclic) bond motifs is 1. The standard InChI is InChI=1S/C20H26O3/c1-3-7-14-10-12-19(2)16(21)11-13-20(19,23)17(14)18(22)15-8-5-4-6-9-15/h4-6,8-9,14,17,23H,3,7,10-13H2,1-2H3/t14-,17-,19-,20+/m1/s1. The zero-order valence-corrected chi connectivity index (χ0v) is 14.0. The summed E-state index contributed by atoms with van der Waals surface area (Å²) >= 11 is 0. The van der Waals surface area contributed by atoms with Crippen LogP contribution in [0.1, 0.15) is 62.7 Å². The third-order valence-corrected chi connectivity index (χ3v) is 6.31. The van der Waals surface area contributed by atoms with E-state index in [4.69, 9.17) is 0 Å². The molecule has 4 atom stereocenters. The molecule has 3 rings (SSSR count). The van der Waals surface area contributed by atoms with Gasteiger partial charge in [0.25, 0.3) is 0 Å². The lowest BCUT2D eigenvalue weighted by atomic mass is 9.55. The Morgan fingerprint density at radius 1 is 1.26 bits per heavy atom. The Morgan fingerprint density at radius 2 is 1.96 bits per heavy atom. The van der Waals surface area contributed by atoms with Crippen molar-refractivity contribution in [3.05, 3.63) is 35.9 Å². The Bertz CT molecular complexity index is 609. The highest BCUT2D eigenvalue weighted by molar-refractivity contribution is 6.00. The van der Waals surface area contributed by atoms with E-state index in [0.717, 1.165) is 19.3 Å². The average Bonchev–Trinajstić information content (AvgIpc) is 2.80. The molecule has 2 aliphatic carbocycles. The van der Waals surface area contributed by atoms with Crippen LogP contribution < -0.4 is 0 Å². The maximum atomic E-state index is 13.2. The number of carbonyl (C=O) groups excluding carboxylic acids is 2. The van der Waals surface area contributed by atoms with Gasteiger partial charge in [-0.3, -0.25) is 9.59 Å². The van der Waals surface area contributed by atoms with E-state index < -0.39 is 16.9 Å². The third-order valence-electron chi connectivity index (χ3n) is 6.31. The molecule has 0 aromatic heterocycles. The predicted octanol–water partition coefficient (Wildman–Crippen LogP) is 3.80. The van der Waals surface area contributed by atoms with Gasteiger partial charge in [-0.1, -0.05) is 43.7 Å². The molecule has 23 heavy (non-hydrogen) atoms. The molecule has 2 aliphatic rings. The number of hydrogen-bond acceptors (Lipinski definition) is 3. The molecule has 2 saturated carbocycles. The third kappa shape index (κ3) is 2.37. The number of rotatable bonds is 4. The van der Waals surface area contributed by atoms with Crippen LogP contribution >= 0.6 is 0 Å². The Kier molecular flexibility index (Phi) is 4.18.